The fraction of sp³-hybridized carbons (Fsp3) is 0.333. The van der Waals surface area contributed by atoms with Crippen LogP contribution in [0.2, 0.25) is 0 Å². The molecule has 0 aliphatic heterocycles. The zero-order valence-electron chi connectivity index (χ0n) is 5.41. The van der Waals surface area contributed by atoms with Crippen LogP contribution in [0, 0.1) is 10.1 Å². The van der Waals surface area contributed by atoms with Crippen LogP contribution in [0.25, 0.3) is 0 Å². The number of alkyl halides is 2. The lowest BCUT2D eigenvalue weighted by molar-refractivity contribution is -0.596. The summed E-state index contributed by atoms with van der Waals surface area (Å²) in [6.07, 6.45) is 1.55. The van der Waals surface area contributed by atoms with Gasteiger partial charge in [-0.1, -0.05) is 12.2 Å². The summed E-state index contributed by atoms with van der Waals surface area (Å²) >= 11 is 0. The molecule has 0 aromatic carbocycles. The van der Waals surface area contributed by atoms with Crippen molar-refractivity contribution in [2.75, 3.05) is 0 Å². The summed E-state index contributed by atoms with van der Waals surface area (Å²) in [6, 6.07) is 0. The van der Waals surface area contributed by atoms with E-state index in [0.717, 1.165) is 12.2 Å². The third-order valence-electron chi connectivity index (χ3n) is 1.39. The van der Waals surface area contributed by atoms with Crippen molar-refractivity contribution in [1.82, 2.24) is 0 Å². The van der Waals surface area contributed by atoms with E-state index in [9.17, 15) is 18.9 Å². The van der Waals surface area contributed by atoms with Gasteiger partial charge in [0.25, 0.3) is 0 Å². The van der Waals surface area contributed by atoms with Crippen molar-refractivity contribution in [3.8, 4) is 0 Å². The average molecular weight is 161 g/mol. The van der Waals surface area contributed by atoms with Gasteiger partial charge < -0.3 is 0 Å². The van der Waals surface area contributed by atoms with Crippen LogP contribution in [-0.4, -0.2) is 16.9 Å². The molecule has 0 aromatic rings. The molecule has 1 aliphatic carbocycles. The molecule has 60 valence electrons. The molecule has 0 heterocycles. The Balaban J connectivity index is 2.94. The summed E-state index contributed by atoms with van der Waals surface area (Å²) in [4.78, 5) is 8.71. The van der Waals surface area contributed by atoms with Crippen LogP contribution in [0.5, 0.6) is 0 Å². The summed E-state index contributed by atoms with van der Waals surface area (Å²) in [6.45, 7) is 0. The first kappa shape index (κ1) is 7.84. The van der Waals surface area contributed by atoms with Gasteiger partial charge in [0, 0.05) is 6.08 Å². The number of halogens is 2. The topological polar surface area (TPSA) is 43.1 Å². The van der Waals surface area contributed by atoms with Crippen LogP contribution in [0.1, 0.15) is 0 Å². The molecule has 0 saturated carbocycles. The summed E-state index contributed by atoms with van der Waals surface area (Å²) in [5.74, 6) is -3.07. The molecular weight excluding hydrogens is 156 g/mol. The molecule has 0 radical (unpaired) electrons. The first-order valence-corrected chi connectivity index (χ1v) is 2.91. The Hall–Kier alpha value is -1.26. The van der Waals surface area contributed by atoms with E-state index in [1.165, 1.54) is 6.08 Å². The molecule has 0 fully saturated rings. The molecule has 0 saturated heterocycles. The highest BCUT2D eigenvalue weighted by molar-refractivity contribution is 5.19. The van der Waals surface area contributed by atoms with Crippen LogP contribution in [-0.2, 0) is 0 Å². The average Bonchev–Trinajstić information content (AvgIpc) is 1.95. The lowest BCUT2D eigenvalue weighted by atomic mass is 10.1. The summed E-state index contributed by atoms with van der Waals surface area (Å²) in [5, 5.41) is 9.99. The van der Waals surface area contributed by atoms with Crippen LogP contribution < -0.4 is 0 Å². The predicted molar refractivity (Wildman–Crippen MR) is 34.0 cm³/mol. The Labute approximate surface area is 61.2 Å². The second kappa shape index (κ2) is 2.41. The van der Waals surface area contributed by atoms with Gasteiger partial charge in [0.05, 0.1) is 4.92 Å². The van der Waals surface area contributed by atoms with Gasteiger partial charge in [-0.3, -0.25) is 10.1 Å². The normalized spacial score (nSPS) is 35.6. The van der Waals surface area contributed by atoms with E-state index >= 15 is 0 Å². The maximum absolute atomic E-state index is 12.9. The number of hydrogen-bond donors (Lipinski definition) is 0. The molecule has 5 heteroatoms. The van der Waals surface area contributed by atoms with E-state index in [1.54, 1.807) is 0 Å². The lowest BCUT2D eigenvalue weighted by Crippen LogP contribution is -2.40. The zero-order valence-corrected chi connectivity index (χ0v) is 5.41. The quantitative estimate of drug-likeness (QED) is 0.331. The van der Waals surface area contributed by atoms with Crippen molar-refractivity contribution < 1.29 is 13.7 Å². The van der Waals surface area contributed by atoms with E-state index < -0.39 is 16.9 Å². The van der Waals surface area contributed by atoms with E-state index in [-0.39, 0.29) is 0 Å². The first-order chi connectivity index (χ1) is 5.07. The second-order valence-corrected chi connectivity index (χ2v) is 2.13. The Morgan fingerprint density at radius 2 is 2.18 bits per heavy atom. The maximum Gasteiger partial charge on any atom is 0.412 e. The molecule has 0 N–H and O–H groups in total. The van der Waals surface area contributed by atoms with Crippen LogP contribution in [0.15, 0.2) is 24.3 Å². The molecule has 1 aliphatic rings. The Morgan fingerprint density at radius 1 is 1.55 bits per heavy atom. The Kier molecular flexibility index (Phi) is 1.72. The van der Waals surface area contributed by atoms with Gasteiger partial charge in [0.15, 0.2) is 0 Å². The number of rotatable bonds is 1. The molecule has 0 bridgehead atoms. The highest BCUT2D eigenvalue weighted by atomic mass is 19.2. The summed E-state index contributed by atoms with van der Waals surface area (Å²) < 4.78 is 25.4. The highest BCUT2D eigenvalue weighted by Gasteiger charge is 2.49. The van der Waals surface area contributed by atoms with Crippen molar-refractivity contribution in [1.29, 1.82) is 0 Å². The van der Waals surface area contributed by atoms with Crippen LogP contribution >= 0.6 is 0 Å². The van der Waals surface area contributed by atoms with E-state index in [0.29, 0.717) is 6.08 Å². The molecule has 11 heavy (non-hydrogen) atoms. The van der Waals surface area contributed by atoms with Crippen molar-refractivity contribution >= 4 is 0 Å². The molecule has 0 aromatic heterocycles. The summed E-state index contributed by atoms with van der Waals surface area (Å²) in [7, 11) is 0. The minimum atomic E-state index is -3.07. The van der Waals surface area contributed by atoms with Crippen molar-refractivity contribution in [3.63, 3.8) is 0 Å². The van der Waals surface area contributed by atoms with Gasteiger partial charge in [-0.05, 0) is 6.08 Å². The lowest BCUT2D eigenvalue weighted by Gasteiger charge is -2.16. The number of nitrogens with zero attached hydrogens (tertiary/aromatic N) is 1. The fourth-order valence-corrected chi connectivity index (χ4v) is 0.741. The SMILES string of the molecule is O=[N+]([O-])C1(F)C=CC=CC1F. The molecule has 2 unspecified atom stereocenters. The van der Waals surface area contributed by atoms with E-state index in [2.05, 4.69) is 0 Å². The minimum absolute atomic E-state index is 0.595. The molecule has 1 rings (SSSR count). The number of nitro groups is 1. The Bertz CT molecular complexity index is 239. The van der Waals surface area contributed by atoms with Gasteiger partial charge in [0.2, 0.25) is 6.17 Å². The predicted octanol–water partition coefficient (Wildman–Crippen LogP) is 1.39. The minimum Gasteiger partial charge on any atom is -0.261 e. The van der Waals surface area contributed by atoms with E-state index in [4.69, 9.17) is 0 Å². The standard InChI is InChI=1S/C6H5F2NO2/c7-5-3-1-2-4-6(5,8)9(10)11/h1-5H. The van der Waals surface area contributed by atoms with Crippen molar-refractivity contribution in [3.05, 3.63) is 34.4 Å². The fourth-order valence-electron chi connectivity index (χ4n) is 0.741. The molecule has 3 nitrogen and oxygen atoms in total. The third-order valence-corrected chi connectivity index (χ3v) is 1.39. The van der Waals surface area contributed by atoms with Gasteiger partial charge in [-0.15, -0.1) is 0 Å². The Morgan fingerprint density at radius 3 is 2.55 bits per heavy atom. The molecular formula is C6H5F2NO2. The van der Waals surface area contributed by atoms with Crippen LogP contribution in [0.3, 0.4) is 0 Å². The summed E-state index contributed by atoms with van der Waals surface area (Å²) in [5.41, 5.74) is 0. The number of allylic oxidation sites excluding steroid dienone is 2. The van der Waals surface area contributed by atoms with Gasteiger partial charge >= 0.3 is 5.79 Å². The third kappa shape index (κ3) is 1.13. The monoisotopic (exact) mass is 161 g/mol. The second-order valence-electron chi connectivity index (χ2n) is 2.13. The van der Waals surface area contributed by atoms with Crippen molar-refractivity contribution in [2.24, 2.45) is 0 Å². The highest BCUT2D eigenvalue weighted by Crippen LogP contribution is 2.25. The van der Waals surface area contributed by atoms with Gasteiger partial charge in [0.1, 0.15) is 0 Å². The zero-order chi connectivity index (χ0) is 8.48. The van der Waals surface area contributed by atoms with E-state index in [1.807, 2.05) is 0 Å². The molecule has 0 amide bonds. The number of hydrogen-bond acceptors (Lipinski definition) is 2. The molecule has 0 spiro atoms. The maximum atomic E-state index is 12.9. The largest absolute Gasteiger partial charge is 0.412 e. The smallest absolute Gasteiger partial charge is 0.261 e. The molecule has 2 atom stereocenters. The van der Waals surface area contributed by atoms with Crippen molar-refractivity contribution in [2.45, 2.75) is 12.0 Å². The van der Waals surface area contributed by atoms with Gasteiger partial charge in [-0.2, -0.15) is 4.39 Å². The first-order valence-electron chi connectivity index (χ1n) is 2.91. The van der Waals surface area contributed by atoms with Crippen LogP contribution in [0.4, 0.5) is 8.78 Å². The van der Waals surface area contributed by atoms with Gasteiger partial charge in [-0.25, -0.2) is 4.39 Å².